The summed E-state index contributed by atoms with van der Waals surface area (Å²) in [6.07, 6.45) is 3.79. The maximum atomic E-state index is 13.4. The number of carbonyl (C=O) groups is 3. The molecule has 1 aromatic carbocycles. The number of aromatic nitrogens is 1. The van der Waals surface area contributed by atoms with Crippen molar-refractivity contribution in [1.29, 1.82) is 0 Å². The molecule has 176 valence electrons. The van der Waals surface area contributed by atoms with Crippen molar-refractivity contribution in [2.75, 3.05) is 26.2 Å². The fourth-order valence-electron chi connectivity index (χ4n) is 4.65. The van der Waals surface area contributed by atoms with Crippen LogP contribution in [0.2, 0.25) is 0 Å². The molecule has 0 spiro atoms. The number of hydrogen-bond acceptors (Lipinski definition) is 6. The van der Waals surface area contributed by atoms with Crippen LogP contribution in [-0.2, 0) is 14.3 Å². The minimum absolute atomic E-state index is 0.0979. The summed E-state index contributed by atoms with van der Waals surface area (Å²) in [5.41, 5.74) is 2.18. The van der Waals surface area contributed by atoms with Gasteiger partial charge < -0.3 is 19.1 Å². The molecule has 0 radical (unpaired) electrons. The van der Waals surface area contributed by atoms with Crippen LogP contribution in [0.5, 0.6) is 0 Å². The molecular formula is C25H31N3O5. The molecule has 1 aromatic heterocycles. The van der Waals surface area contributed by atoms with Gasteiger partial charge in [0, 0.05) is 31.3 Å². The third-order valence-electron chi connectivity index (χ3n) is 6.47. The number of nitrogens with zero attached hydrogens (tertiary/aromatic N) is 3. The molecule has 8 heteroatoms. The van der Waals surface area contributed by atoms with Gasteiger partial charge in [0.05, 0.1) is 12.5 Å². The van der Waals surface area contributed by atoms with Crippen LogP contribution in [0.3, 0.4) is 0 Å². The average Bonchev–Trinajstić information content (AvgIpc) is 3.34. The van der Waals surface area contributed by atoms with Crippen LogP contribution in [0.4, 0.5) is 0 Å². The minimum Gasteiger partial charge on any atom is -0.466 e. The molecule has 2 aliphatic heterocycles. The van der Waals surface area contributed by atoms with Crippen molar-refractivity contribution < 1.29 is 23.6 Å². The van der Waals surface area contributed by atoms with Gasteiger partial charge in [0.1, 0.15) is 6.04 Å². The molecule has 2 unspecified atom stereocenters. The van der Waals surface area contributed by atoms with Crippen molar-refractivity contribution >= 4 is 17.8 Å². The summed E-state index contributed by atoms with van der Waals surface area (Å²) in [6.45, 7) is 5.55. The monoisotopic (exact) mass is 453 g/mol. The second-order valence-electron chi connectivity index (χ2n) is 8.83. The van der Waals surface area contributed by atoms with E-state index in [2.05, 4.69) is 5.16 Å². The summed E-state index contributed by atoms with van der Waals surface area (Å²) >= 11 is 0. The largest absolute Gasteiger partial charge is 0.466 e. The van der Waals surface area contributed by atoms with Gasteiger partial charge in [-0.3, -0.25) is 14.4 Å². The first-order valence-corrected chi connectivity index (χ1v) is 11.8. The SMILES string of the molecule is CCOC(=O)C1CCCN(C(=O)C2CCCCN2C(=O)c2cc(-c3ccc(C)cc3)on2)C1. The molecule has 2 fully saturated rings. The van der Waals surface area contributed by atoms with Gasteiger partial charge in [0.2, 0.25) is 5.91 Å². The minimum atomic E-state index is -0.549. The fourth-order valence-corrected chi connectivity index (χ4v) is 4.65. The highest BCUT2D eigenvalue weighted by atomic mass is 16.5. The predicted octanol–water partition coefficient (Wildman–Crippen LogP) is 3.45. The van der Waals surface area contributed by atoms with Gasteiger partial charge in [0.15, 0.2) is 11.5 Å². The van der Waals surface area contributed by atoms with Crippen LogP contribution >= 0.6 is 0 Å². The molecule has 2 aromatic rings. The lowest BCUT2D eigenvalue weighted by Crippen LogP contribution is -2.55. The van der Waals surface area contributed by atoms with E-state index in [-0.39, 0.29) is 29.4 Å². The van der Waals surface area contributed by atoms with E-state index in [4.69, 9.17) is 9.26 Å². The Morgan fingerprint density at radius 1 is 1.09 bits per heavy atom. The van der Waals surface area contributed by atoms with Gasteiger partial charge >= 0.3 is 5.97 Å². The molecule has 2 saturated heterocycles. The normalized spacial score (nSPS) is 21.0. The lowest BCUT2D eigenvalue weighted by atomic mass is 9.95. The fraction of sp³-hybridized carbons (Fsp3) is 0.520. The van der Waals surface area contributed by atoms with Crippen molar-refractivity contribution in [1.82, 2.24) is 15.0 Å². The van der Waals surface area contributed by atoms with Gasteiger partial charge in [-0.2, -0.15) is 0 Å². The molecular weight excluding hydrogens is 422 g/mol. The van der Waals surface area contributed by atoms with Crippen molar-refractivity contribution in [3.63, 3.8) is 0 Å². The van der Waals surface area contributed by atoms with E-state index in [0.717, 1.165) is 36.8 Å². The van der Waals surface area contributed by atoms with Crippen LogP contribution in [0, 0.1) is 12.8 Å². The van der Waals surface area contributed by atoms with Crippen LogP contribution in [0.25, 0.3) is 11.3 Å². The number of ether oxygens (including phenoxy) is 1. The summed E-state index contributed by atoms with van der Waals surface area (Å²) in [6, 6.07) is 8.89. The van der Waals surface area contributed by atoms with E-state index >= 15 is 0 Å². The number of esters is 1. The average molecular weight is 454 g/mol. The van der Waals surface area contributed by atoms with Crippen molar-refractivity contribution in [2.24, 2.45) is 5.92 Å². The first-order valence-electron chi connectivity index (χ1n) is 11.8. The highest BCUT2D eigenvalue weighted by molar-refractivity contribution is 5.97. The third kappa shape index (κ3) is 5.10. The van der Waals surface area contributed by atoms with Crippen LogP contribution in [-0.4, -0.2) is 65.0 Å². The van der Waals surface area contributed by atoms with E-state index in [9.17, 15) is 14.4 Å². The quantitative estimate of drug-likeness (QED) is 0.644. The summed E-state index contributed by atoms with van der Waals surface area (Å²) < 4.78 is 10.6. The highest BCUT2D eigenvalue weighted by Crippen LogP contribution is 2.26. The number of likely N-dealkylation sites (tertiary alicyclic amines) is 2. The van der Waals surface area contributed by atoms with Gasteiger partial charge in [0.25, 0.3) is 5.91 Å². The number of benzene rings is 1. The second kappa shape index (κ2) is 10.2. The van der Waals surface area contributed by atoms with Crippen molar-refractivity contribution in [3.05, 3.63) is 41.6 Å². The summed E-state index contributed by atoms with van der Waals surface area (Å²) in [5, 5.41) is 4.00. The smallest absolute Gasteiger partial charge is 0.310 e. The first-order chi connectivity index (χ1) is 16.0. The van der Waals surface area contributed by atoms with E-state index in [0.29, 0.717) is 38.4 Å². The van der Waals surface area contributed by atoms with Gasteiger partial charge in [-0.1, -0.05) is 35.0 Å². The second-order valence-corrected chi connectivity index (χ2v) is 8.83. The van der Waals surface area contributed by atoms with Gasteiger partial charge in [-0.05, 0) is 46.0 Å². The number of hydrogen-bond donors (Lipinski definition) is 0. The number of carbonyl (C=O) groups excluding carboxylic acids is 3. The Kier molecular flexibility index (Phi) is 7.11. The Labute approximate surface area is 193 Å². The Balaban J connectivity index is 1.48. The molecule has 8 nitrogen and oxygen atoms in total. The van der Waals surface area contributed by atoms with Crippen LogP contribution in [0.1, 0.15) is 55.1 Å². The zero-order valence-electron chi connectivity index (χ0n) is 19.3. The molecule has 4 rings (SSSR count). The summed E-state index contributed by atoms with van der Waals surface area (Å²) in [5.74, 6) is -0.430. The number of amides is 2. The van der Waals surface area contributed by atoms with Crippen LogP contribution in [0.15, 0.2) is 34.9 Å². The van der Waals surface area contributed by atoms with E-state index in [1.165, 1.54) is 0 Å². The Morgan fingerprint density at radius 2 is 1.88 bits per heavy atom. The van der Waals surface area contributed by atoms with Gasteiger partial charge in [-0.25, -0.2) is 0 Å². The lowest BCUT2D eigenvalue weighted by molar-refractivity contribution is -0.152. The van der Waals surface area contributed by atoms with E-state index in [1.807, 2.05) is 31.2 Å². The van der Waals surface area contributed by atoms with E-state index < -0.39 is 6.04 Å². The number of piperidine rings is 2. The zero-order valence-corrected chi connectivity index (χ0v) is 19.3. The molecule has 3 heterocycles. The molecule has 0 N–H and O–H groups in total. The maximum absolute atomic E-state index is 13.4. The Bertz CT molecular complexity index is 1000. The van der Waals surface area contributed by atoms with Crippen molar-refractivity contribution in [3.8, 4) is 11.3 Å². The molecule has 0 bridgehead atoms. The van der Waals surface area contributed by atoms with E-state index in [1.54, 1.807) is 22.8 Å². The topological polar surface area (TPSA) is 93.0 Å². The number of rotatable bonds is 5. The molecule has 2 amide bonds. The standard InChI is InChI=1S/C25H31N3O5/c1-3-32-25(31)19-7-6-13-27(16-19)24(30)21-8-4-5-14-28(21)23(29)20-15-22(33-26-20)18-11-9-17(2)10-12-18/h9-12,15,19,21H,3-8,13-14,16H2,1-2H3. The highest BCUT2D eigenvalue weighted by Gasteiger charge is 2.38. The first kappa shape index (κ1) is 23.0. The molecule has 2 atom stereocenters. The summed E-state index contributed by atoms with van der Waals surface area (Å²) in [7, 11) is 0. The third-order valence-corrected chi connectivity index (χ3v) is 6.47. The molecule has 0 saturated carbocycles. The van der Waals surface area contributed by atoms with Crippen molar-refractivity contribution in [2.45, 2.75) is 52.0 Å². The Hall–Kier alpha value is -3.16. The molecule has 33 heavy (non-hydrogen) atoms. The molecule has 0 aliphatic carbocycles. The molecule has 2 aliphatic rings. The Morgan fingerprint density at radius 3 is 2.64 bits per heavy atom. The number of aryl methyl sites for hydroxylation is 1. The van der Waals surface area contributed by atoms with Gasteiger partial charge in [-0.15, -0.1) is 0 Å². The summed E-state index contributed by atoms with van der Waals surface area (Å²) in [4.78, 5) is 42.3. The lowest BCUT2D eigenvalue weighted by Gasteiger charge is -2.39. The predicted molar refractivity (Wildman–Crippen MR) is 121 cm³/mol. The maximum Gasteiger partial charge on any atom is 0.310 e. The zero-order chi connectivity index (χ0) is 23.4. The van der Waals surface area contributed by atoms with Crippen LogP contribution < -0.4 is 0 Å².